The number of carbonyl (C=O) groups is 1. The highest BCUT2D eigenvalue weighted by atomic mass is 19.4. The third-order valence-corrected chi connectivity index (χ3v) is 6.03. The molecule has 0 atom stereocenters. The third-order valence-electron chi connectivity index (χ3n) is 6.03. The number of ether oxygens (including phenoxy) is 1. The summed E-state index contributed by atoms with van der Waals surface area (Å²) in [5.74, 6) is 0.0306. The Morgan fingerprint density at radius 1 is 0.812 bits per heavy atom. The van der Waals surface area contributed by atoms with E-state index >= 15 is 0 Å². The first-order chi connectivity index (χ1) is 15.4. The van der Waals surface area contributed by atoms with E-state index in [1.54, 1.807) is 0 Å². The first-order valence-corrected chi connectivity index (χ1v) is 11.0. The van der Waals surface area contributed by atoms with Crippen molar-refractivity contribution in [3.05, 3.63) is 70.8 Å². The van der Waals surface area contributed by atoms with Crippen LogP contribution in [0.25, 0.3) is 0 Å². The zero-order chi connectivity index (χ0) is 22.6. The molecule has 2 aliphatic rings. The molecule has 0 unspecified atom stereocenters. The molecule has 0 N–H and O–H groups in total. The second kappa shape index (κ2) is 10.0. The van der Waals surface area contributed by atoms with Crippen molar-refractivity contribution in [2.75, 3.05) is 52.5 Å². The molecule has 8 heteroatoms. The molecular weight excluding hydrogens is 419 g/mol. The minimum absolute atomic E-state index is 0.0306. The highest BCUT2D eigenvalue weighted by molar-refractivity contribution is 5.94. The lowest BCUT2D eigenvalue weighted by atomic mass is 10.1. The van der Waals surface area contributed by atoms with Crippen LogP contribution in [0.1, 0.15) is 27.0 Å². The van der Waals surface area contributed by atoms with Crippen LogP contribution in [-0.2, 0) is 24.0 Å². The van der Waals surface area contributed by atoms with Gasteiger partial charge in [0.15, 0.2) is 0 Å². The molecule has 0 spiro atoms. The molecule has 32 heavy (non-hydrogen) atoms. The Kier molecular flexibility index (Phi) is 7.13. The highest BCUT2D eigenvalue weighted by Gasteiger charge is 2.30. The van der Waals surface area contributed by atoms with E-state index in [-0.39, 0.29) is 5.91 Å². The van der Waals surface area contributed by atoms with Gasteiger partial charge in [0.2, 0.25) is 0 Å². The van der Waals surface area contributed by atoms with Gasteiger partial charge in [-0.1, -0.05) is 24.3 Å². The summed E-state index contributed by atoms with van der Waals surface area (Å²) in [6.45, 7) is 7.28. The highest BCUT2D eigenvalue weighted by Crippen LogP contribution is 2.29. The second-order valence-electron chi connectivity index (χ2n) is 8.35. The Morgan fingerprint density at radius 3 is 2.09 bits per heavy atom. The van der Waals surface area contributed by atoms with Crippen LogP contribution in [-0.4, -0.2) is 73.1 Å². The lowest BCUT2D eigenvalue weighted by Gasteiger charge is -2.35. The maximum atomic E-state index is 13.0. The molecule has 172 valence electrons. The topological polar surface area (TPSA) is 36.0 Å². The van der Waals surface area contributed by atoms with E-state index in [2.05, 4.69) is 9.80 Å². The molecule has 2 heterocycles. The van der Waals surface area contributed by atoms with E-state index in [0.29, 0.717) is 38.3 Å². The molecule has 0 saturated carbocycles. The molecule has 0 aromatic heterocycles. The largest absolute Gasteiger partial charge is 0.416 e. The summed E-state index contributed by atoms with van der Waals surface area (Å²) in [7, 11) is 0. The van der Waals surface area contributed by atoms with Crippen molar-refractivity contribution in [1.29, 1.82) is 0 Å². The molecule has 0 aliphatic carbocycles. The summed E-state index contributed by atoms with van der Waals surface area (Å²) in [5.41, 5.74) is 2.03. The molecule has 4 rings (SSSR count). The monoisotopic (exact) mass is 447 g/mol. The van der Waals surface area contributed by atoms with Gasteiger partial charge in [0.25, 0.3) is 5.91 Å². The van der Waals surface area contributed by atoms with Crippen molar-refractivity contribution in [3.8, 4) is 0 Å². The molecular formula is C24H28F3N3O2. The van der Waals surface area contributed by atoms with Crippen molar-refractivity contribution in [1.82, 2.24) is 14.7 Å². The fourth-order valence-electron chi connectivity index (χ4n) is 4.17. The molecule has 2 fully saturated rings. The summed E-state index contributed by atoms with van der Waals surface area (Å²) in [6.07, 6.45) is -4.32. The molecule has 0 radical (unpaired) electrons. The number of carbonyl (C=O) groups excluding carboxylic acids is 1. The van der Waals surface area contributed by atoms with Gasteiger partial charge >= 0.3 is 6.18 Å². The van der Waals surface area contributed by atoms with Crippen molar-refractivity contribution >= 4 is 5.91 Å². The number of alkyl halides is 3. The van der Waals surface area contributed by atoms with E-state index in [1.807, 2.05) is 29.2 Å². The van der Waals surface area contributed by atoms with Gasteiger partial charge < -0.3 is 9.64 Å². The summed E-state index contributed by atoms with van der Waals surface area (Å²) in [4.78, 5) is 19.4. The molecule has 2 aromatic rings. The number of hydrogen-bond donors (Lipinski definition) is 0. The van der Waals surface area contributed by atoms with Crippen LogP contribution >= 0.6 is 0 Å². The first-order valence-electron chi connectivity index (χ1n) is 11.0. The van der Waals surface area contributed by atoms with E-state index in [0.717, 1.165) is 56.1 Å². The number of piperazine rings is 1. The Morgan fingerprint density at radius 2 is 1.44 bits per heavy atom. The van der Waals surface area contributed by atoms with E-state index < -0.39 is 11.7 Å². The van der Waals surface area contributed by atoms with Gasteiger partial charge in [0, 0.05) is 57.9 Å². The number of halogens is 3. The summed E-state index contributed by atoms with van der Waals surface area (Å²) >= 11 is 0. The second-order valence-corrected chi connectivity index (χ2v) is 8.35. The van der Waals surface area contributed by atoms with Gasteiger partial charge in [-0.15, -0.1) is 0 Å². The van der Waals surface area contributed by atoms with Gasteiger partial charge in [-0.25, -0.2) is 0 Å². The lowest BCUT2D eigenvalue weighted by molar-refractivity contribution is -0.137. The van der Waals surface area contributed by atoms with Gasteiger partial charge in [-0.05, 0) is 35.4 Å². The molecule has 2 aromatic carbocycles. The summed E-state index contributed by atoms with van der Waals surface area (Å²) in [5, 5.41) is 0. The average Bonchev–Trinajstić information content (AvgIpc) is 2.80. The zero-order valence-corrected chi connectivity index (χ0v) is 18.0. The molecule has 2 saturated heterocycles. The molecule has 5 nitrogen and oxygen atoms in total. The lowest BCUT2D eigenvalue weighted by Crippen LogP contribution is -2.48. The van der Waals surface area contributed by atoms with E-state index in [4.69, 9.17) is 4.74 Å². The third kappa shape index (κ3) is 5.88. The van der Waals surface area contributed by atoms with Crippen LogP contribution in [0.3, 0.4) is 0 Å². The van der Waals surface area contributed by atoms with Crippen molar-refractivity contribution in [3.63, 3.8) is 0 Å². The average molecular weight is 448 g/mol. The normalized spacial score (nSPS) is 18.7. The Balaban J connectivity index is 1.29. The molecule has 2 aliphatic heterocycles. The van der Waals surface area contributed by atoms with Crippen LogP contribution in [0.15, 0.2) is 48.5 Å². The first kappa shape index (κ1) is 22.8. The Hall–Kier alpha value is -2.42. The summed E-state index contributed by atoms with van der Waals surface area (Å²) < 4.78 is 43.6. The number of morpholine rings is 1. The van der Waals surface area contributed by atoms with E-state index in [1.165, 1.54) is 12.1 Å². The van der Waals surface area contributed by atoms with Gasteiger partial charge in [0.1, 0.15) is 0 Å². The standard InChI is InChI=1S/C24H28F3N3O2/c25-24(26,27)22-6-4-19(5-7-22)17-28-8-10-30(11-9-28)23(31)21-3-1-2-20(16-21)18-29-12-14-32-15-13-29/h1-7,16H,8-15,17-18H2. The minimum atomic E-state index is -4.32. The van der Waals surface area contributed by atoms with Gasteiger partial charge in [-0.3, -0.25) is 14.6 Å². The van der Waals surface area contributed by atoms with Crippen LogP contribution < -0.4 is 0 Å². The van der Waals surface area contributed by atoms with Crippen LogP contribution in [0.2, 0.25) is 0 Å². The molecule has 1 amide bonds. The number of amides is 1. The quantitative estimate of drug-likeness (QED) is 0.703. The Bertz CT molecular complexity index is 903. The number of nitrogens with zero attached hydrogens (tertiary/aromatic N) is 3. The predicted molar refractivity (Wildman–Crippen MR) is 115 cm³/mol. The van der Waals surface area contributed by atoms with Gasteiger partial charge in [0.05, 0.1) is 18.8 Å². The van der Waals surface area contributed by atoms with Crippen molar-refractivity contribution < 1.29 is 22.7 Å². The summed E-state index contributed by atoms with van der Waals surface area (Å²) in [6, 6.07) is 13.1. The van der Waals surface area contributed by atoms with Crippen LogP contribution in [0.4, 0.5) is 13.2 Å². The number of hydrogen-bond acceptors (Lipinski definition) is 4. The van der Waals surface area contributed by atoms with Crippen molar-refractivity contribution in [2.24, 2.45) is 0 Å². The molecule has 0 bridgehead atoms. The van der Waals surface area contributed by atoms with E-state index in [9.17, 15) is 18.0 Å². The maximum Gasteiger partial charge on any atom is 0.416 e. The van der Waals surface area contributed by atoms with Gasteiger partial charge in [-0.2, -0.15) is 13.2 Å². The smallest absolute Gasteiger partial charge is 0.379 e. The predicted octanol–water partition coefficient (Wildman–Crippen LogP) is 3.50. The van der Waals surface area contributed by atoms with Crippen molar-refractivity contribution in [2.45, 2.75) is 19.3 Å². The number of rotatable bonds is 5. The zero-order valence-electron chi connectivity index (χ0n) is 18.0. The SMILES string of the molecule is O=C(c1cccc(CN2CCOCC2)c1)N1CCN(Cc2ccc(C(F)(F)F)cc2)CC1. The minimum Gasteiger partial charge on any atom is -0.379 e. The fraction of sp³-hybridized carbons (Fsp3) is 0.458. The number of benzene rings is 2. The van der Waals surface area contributed by atoms with Crippen LogP contribution in [0, 0.1) is 0 Å². The Labute approximate surface area is 186 Å². The van der Waals surface area contributed by atoms with Crippen LogP contribution in [0.5, 0.6) is 0 Å². The maximum absolute atomic E-state index is 13.0. The fourth-order valence-corrected chi connectivity index (χ4v) is 4.17.